The first-order chi connectivity index (χ1) is 10.4. The number of ether oxygens (including phenoxy) is 1. The van der Waals surface area contributed by atoms with Crippen molar-refractivity contribution in [3.8, 4) is 5.75 Å². The van der Waals surface area contributed by atoms with Crippen LogP contribution in [0.1, 0.15) is 18.1 Å². The molecule has 0 aliphatic rings. The first-order valence-electron chi connectivity index (χ1n) is 6.87. The van der Waals surface area contributed by atoms with E-state index in [1.54, 1.807) is 25.1 Å². The van der Waals surface area contributed by atoms with Crippen molar-refractivity contribution in [2.45, 2.75) is 26.9 Å². The molecule has 0 bridgehead atoms. The van der Waals surface area contributed by atoms with Crippen molar-refractivity contribution in [3.05, 3.63) is 57.6 Å². The normalized spacial score (nSPS) is 11.9. The summed E-state index contributed by atoms with van der Waals surface area (Å²) in [7, 11) is 0. The van der Waals surface area contributed by atoms with Gasteiger partial charge in [-0.15, -0.1) is 0 Å². The van der Waals surface area contributed by atoms with Crippen LogP contribution >= 0.6 is 23.2 Å². The maximum atomic E-state index is 12.2. The summed E-state index contributed by atoms with van der Waals surface area (Å²) < 4.78 is 5.79. The lowest BCUT2D eigenvalue weighted by molar-refractivity contribution is -0.122. The fourth-order valence-electron chi connectivity index (χ4n) is 2.03. The van der Waals surface area contributed by atoms with Gasteiger partial charge in [-0.1, -0.05) is 41.4 Å². The van der Waals surface area contributed by atoms with E-state index in [2.05, 4.69) is 5.32 Å². The predicted molar refractivity (Wildman–Crippen MR) is 91.1 cm³/mol. The number of para-hydroxylation sites is 1. The summed E-state index contributed by atoms with van der Waals surface area (Å²) in [4.78, 5) is 12.2. The van der Waals surface area contributed by atoms with Gasteiger partial charge in [-0.2, -0.15) is 0 Å². The zero-order valence-corrected chi connectivity index (χ0v) is 14.1. The highest BCUT2D eigenvalue weighted by molar-refractivity contribution is 6.42. The molecule has 0 heterocycles. The number of carbonyl (C=O) groups is 1. The highest BCUT2D eigenvalue weighted by Crippen LogP contribution is 2.26. The van der Waals surface area contributed by atoms with Crippen LogP contribution in [0.2, 0.25) is 10.0 Å². The molecule has 0 fully saturated rings. The Morgan fingerprint density at radius 2 is 1.73 bits per heavy atom. The third-order valence-electron chi connectivity index (χ3n) is 3.26. The second-order valence-electron chi connectivity index (χ2n) is 5.10. The van der Waals surface area contributed by atoms with Gasteiger partial charge in [0.15, 0.2) is 6.10 Å². The second kappa shape index (κ2) is 7.03. The van der Waals surface area contributed by atoms with Crippen molar-refractivity contribution in [2.75, 3.05) is 5.32 Å². The largest absolute Gasteiger partial charge is 0.480 e. The maximum Gasteiger partial charge on any atom is 0.265 e. The van der Waals surface area contributed by atoms with Crippen molar-refractivity contribution in [1.82, 2.24) is 0 Å². The zero-order chi connectivity index (χ0) is 16.3. The third-order valence-corrected chi connectivity index (χ3v) is 4.00. The predicted octanol–water partition coefficient (Wildman–Crippen LogP) is 5.02. The number of halogens is 2. The summed E-state index contributed by atoms with van der Waals surface area (Å²) in [5, 5.41) is 3.60. The molecule has 0 aromatic heterocycles. The van der Waals surface area contributed by atoms with Gasteiger partial charge in [0.25, 0.3) is 5.91 Å². The molecule has 0 radical (unpaired) electrons. The molecule has 0 aliphatic heterocycles. The molecule has 0 aliphatic carbocycles. The van der Waals surface area contributed by atoms with Crippen molar-refractivity contribution in [3.63, 3.8) is 0 Å². The van der Waals surface area contributed by atoms with Gasteiger partial charge in [-0.05, 0) is 50.1 Å². The fraction of sp³-hybridized carbons (Fsp3) is 0.235. The van der Waals surface area contributed by atoms with E-state index in [9.17, 15) is 4.79 Å². The molecule has 0 saturated carbocycles. The van der Waals surface area contributed by atoms with Crippen LogP contribution in [0.5, 0.6) is 5.75 Å². The SMILES string of the molecule is Cc1cccc(C)c1O[C@@H](C)C(=O)Nc1ccc(Cl)c(Cl)c1. The Hall–Kier alpha value is -1.71. The molecule has 0 saturated heterocycles. The van der Waals surface area contributed by atoms with E-state index in [-0.39, 0.29) is 5.91 Å². The van der Waals surface area contributed by atoms with Gasteiger partial charge in [0, 0.05) is 5.69 Å². The molecule has 22 heavy (non-hydrogen) atoms. The average molecular weight is 338 g/mol. The van der Waals surface area contributed by atoms with Gasteiger partial charge < -0.3 is 10.1 Å². The van der Waals surface area contributed by atoms with Crippen LogP contribution in [0.3, 0.4) is 0 Å². The van der Waals surface area contributed by atoms with Gasteiger partial charge in [0.1, 0.15) is 5.75 Å². The summed E-state index contributed by atoms with van der Waals surface area (Å²) in [5.74, 6) is 0.486. The summed E-state index contributed by atoms with van der Waals surface area (Å²) in [6, 6.07) is 10.8. The van der Waals surface area contributed by atoms with Crippen LogP contribution in [0.15, 0.2) is 36.4 Å². The number of nitrogens with one attached hydrogen (secondary N) is 1. The maximum absolute atomic E-state index is 12.2. The molecule has 0 unspecified atom stereocenters. The minimum Gasteiger partial charge on any atom is -0.480 e. The summed E-state index contributed by atoms with van der Waals surface area (Å²) in [6.07, 6.45) is -0.630. The van der Waals surface area contributed by atoms with Crippen LogP contribution in [-0.4, -0.2) is 12.0 Å². The quantitative estimate of drug-likeness (QED) is 0.850. The van der Waals surface area contributed by atoms with Crippen LogP contribution in [0.25, 0.3) is 0 Å². The second-order valence-corrected chi connectivity index (χ2v) is 5.91. The van der Waals surface area contributed by atoms with E-state index in [0.29, 0.717) is 15.7 Å². The van der Waals surface area contributed by atoms with E-state index in [1.807, 2.05) is 32.0 Å². The number of carbonyl (C=O) groups excluding carboxylic acids is 1. The molecular weight excluding hydrogens is 321 g/mol. The fourth-order valence-corrected chi connectivity index (χ4v) is 2.33. The number of aryl methyl sites for hydroxylation is 2. The molecule has 5 heteroatoms. The highest BCUT2D eigenvalue weighted by atomic mass is 35.5. The van der Waals surface area contributed by atoms with Crippen LogP contribution < -0.4 is 10.1 Å². The van der Waals surface area contributed by atoms with Crippen molar-refractivity contribution in [1.29, 1.82) is 0 Å². The first-order valence-corrected chi connectivity index (χ1v) is 7.63. The molecule has 1 N–H and O–H groups in total. The Labute approximate surface area is 140 Å². The number of benzene rings is 2. The Morgan fingerprint density at radius 1 is 1.09 bits per heavy atom. The summed E-state index contributed by atoms with van der Waals surface area (Å²) in [6.45, 7) is 5.61. The molecule has 2 aromatic rings. The zero-order valence-electron chi connectivity index (χ0n) is 12.6. The van der Waals surface area contributed by atoms with Crippen LogP contribution in [-0.2, 0) is 4.79 Å². The highest BCUT2D eigenvalue weighted by Gasteiger charge is 2.17. The number of hydrogen-bond donors (Lipinski definition) is 1. The number of rotatable bonds is 4. The molecule has 0 spiro atoms. The number of anilines is 1. The van der Waals surface area contributed by atoms with E-state index in [0.717, 1.165) is 16.9 Å². The smallest absolute Gasteiger partial charge is 0.265 e. The average Bonchev–Trinajstić information content (AvgIpc) is 2.46. The van der Waals surface area contributed by atoms with Crippen molar-refractivity contribution < 1.29 is 9.53 Å². The standard InChI is InChI=1S/C17H17Cl2NO2/c1-10-5-4-6-11(2)16(10)22-12(3)17(21)20-13-7-8-14(18)15(19)9-13/h4-9,12H,1-3H3,(H,20,21)/t12-/m0/s1. The molecule has 2 rings (SSSR count). The van der Waals surface area contributed by atoms with E-state index in [1.165, 1.54) is 0 Å². The van der Waals surface area contributed by atoms with Gasteiger partial charge in [-0.25, -0.2) is 0 Å². The van der Waals surface area contributed by atoms with Gasteiger partial charge in [0.2, 0.25) is 0 Å². The summed E-state index contributed by atoms with van der Waals surface area (Å²) >= 11 is 11.8. The van der Waals surface area contributed by atoms with E-state index in [4.69, 9.17) is 27.9 Å². The Balaban J connectivity index is 2.07. The van der Waals surface area contributed by atoms with E-state index < -0.39 is 6.10 Å². The van der Waals surface area contributed by atoms with Gasteiger partial charge in [0.05, 0.1) is 10.0 Å². The third kappa shape index (κ3) is 3.93. The molecule has 1 atom stereocenters. The Morgan fingerprint density at radius 3 is 2.32 bits per heavy atom. The molecule has 2 aromatic carbocycles. The number of hydrogen-bond acceptors (Lipinski definition) is 2. The minimum atomic E-state index is -0.630. The molecular formula is C17H17Cl2NO2. The monoisotopic (exact) mass is 337 g/mol. The Bertz CT molecular complexity index is 681. The summed E-state index contributed by atoms with van der Waals surface area (Å²) in [5.41, 5.74) is 2.57. The van der Waals surface area contributed by atoms with Gasteiger partial charge >= 0.3 is 0 Å². The van der Waals surface area contributed by atoms with Crippen molar-refractivity contribution in [2.24, 2.45) is 0 Å². The van der Waals surface area contributed by atoms with Crippen LogP contribution in [0.4, 0.5) is 5.69 Å². The number of amides is 1. The van der Waals surface area contributed by atoms with Crippen molar-refractivity contribution >= 4 is 34.8 Å². The van der Waals surface area contributed by atoms with E-state index >= 15 is 0 Å². The topological polar surface area (TPSA) is 38.3 Å². The molecule has 3 nitrogen and oxygen atoms in total. The lowest BCUT2D eigenvalue weighted by atomic mass is 10.1. The molecule has 116 valence electrons. The van der Waals surface area contributed by atoms with Crippen LogP contribution in [0, 0.1) is 13.8 Å². The first kappa shape index (κ1) is 16.7. The lowest BCUT2D eigenvalue weighted by Gasteiger charge is -2.18. The minimum absolute atomic E-state index is 0.249. The lowest BCUT2D eigenvalue weighted by Crippen LogP contribution is -2.30. The Kier molecular flexibility index (Phi) is 5.33. The van der Waals surface area contributed by atoms with Gasteiger partial charge in [-0.3, -0.25) is 4.79 Å². The molecule has 1 amide bonds.